The van der Waals surface area contributed by atoms with Gasteiger partial charge in [-0.15, -0.1) is 0 Å². The van der Waals surface area contributed by atoms with E-state index in [-0.39, 0.29) is 24.2 Å². The molecule has 0 bridgehead atoms. The average molecular weight is 482 g/mol. The summed E-state index contributed by atoms with van der Waals surface area (Å²) in [4.78, 5) is 25.2. The number of anilines is 2. The summed E-state index contributed by atoms with van der Waals surface area (Å²) in [7, 11) is -5.46. The third-order valence-electron chi connectivity index (χ3n) is 5.32. The molecule has 0 aliphatic carbocycles. The molecule has 1 amide bonds. The summed E-state index contributed by atoms with van der Waals surface area (Å²) in [5, 5.41) is 6.48. The number of sulfone groups is 1. The third kappa shape index (κ3) is 4.87. The topological polar surface area (TPSA) is 120 Å². The summed E-state index contributed by atoms with van der Waals surface area (Å²) in [6, 6.07) is 6.04. The zero-order chi connectivity index (χ0) is 23.6. The van der Waals surface area contributed by atoms with Crippen LogP contribution in [0.15, 0.2) is 47.8 Å². The quantitative estimate of drug-likeness (QED) is 0.494. The summed E-state index contributed by atoms with van der Waals surface area (Å²) >= 11 is 0. The maximum absolute atomic E-state index is 12.8. The molecule has 3 aromatic rings. The second-order valence-electron chi connectivity index (χ2n) is 7.62. The number of benzene rings is 1. The molecular weight excluding hydrogens is 461 g/mol. The van der Waals surface area contributed by atoms with Crippen molar-refractivity contribution >= 4 is 38.3 Å². The van der Waals surface area contributed by atoms with E-state index in [0.29, 0.717) is 6.54 Å². The van der Waals surface area contributed by atoms with E-state index < -0.39 is 20.2 Å². The summed E-state index contributed by atoms with van der Waals surface area (Å²) in [6.07, 6.45) is 4.87. The molecule has 2 aromatic heterocycles. The Balaban J connectivity index is 1.36. The average Bonchev–Trinajstić information content (AvgIpc) is 3.26. The molecule has 13 heteroatoms. The lowest BCUT2D eigenvalue weighted by atomic mass is 10.1. The second kappa shape index (κ2) is 8.89. The predicted octanol–water partition coefficient (Wildman–Crippen LogP) is 2.45. The second-order valence-corrected chi connectivity index (χ2v) is 9.56. The van der Waals surface area contributed by atoms with Crippen LogP contribution < -0.4 is 15.5 Å². The van der Waals surface area contributed by atoms with Gasteiger partial charge in [-0.05, 0) is 37.1 Å². The van der Waals surface area contributed by atoms with Gasteiger partial charge in [-0.3, -0.25) is 4.79 Å². The molecule has 1 fully saturated rings. The molecule has 9 nitrogen and oxygen atoms in total. The van der Waals surface area contributed by atoms with Gasteiger partial charge in [0.05, 0.1) is 16.8 Å². The van der Waals surface area contributed by atoms with Crippen LogP contribution in [0.3, 0.4) is 0 Å². The van der Waals surface area contributed by atoms with Crippen molar-refractivity contribution in [3.8, 4) is 0 Å². The Labute approximate surface area is 187 Å². The number of nitrogens with one attached hydrogen (secondary N) is 3. The highest BCUT2D eigenvalue weighted by Crippen LogP contribution is 2.31. The smallest absolute Gasteiger partial charge is 0.376 e. The van der Waals surface area contributed by atoms with Gasteiger partial charge in [-0.25, -0.2) is 18.4 Å². The fourth-order valence-corrected chi connectivity index (χ4v) is 4.57. The van der Waals surface area contributed by atoms with Crippen molar-refractivity contribution in [1.82, 2.24) is 20.3 Å². The number of H-pyrrole nitrogens is 1. The molecule has 176 valence electrons. The molecule has 1 atom stereocenters. The van der Waals surface area contributed by atoms with E-state index in [2.05, 4.69) is 30.5 Å². The lowest BCUT2D eigenvalue weighted by Gasteiger charge is -2.34. The number of fused-ring (bicyclic) bond motifs is 1. The van der Waals surface area contributed by atoms with Crippen molar-refractivity contribution < 1.29 is 26.4 Å². The molecule has 3 heterocycles. The number of carbonyl (C=O) groups is 1. The van der Waals surface area contributed by atoms with Gasteiger partial charge in [-0.2, -0.15) is 13.2 Å². The summed E-state index contributed by atoms with van der Waals surface area (Å²) in [5.74, 6) is 0.418. The van der Waals surface area contributed by atoms with E-state index in [4.69, 9.17) is 0 Å². The summed E-state index contributed by atoms with van der Waals surface area (Å²) in [5.41, 5.74) is -4.58. The van der Waals surface area contributed by atoms with E-state index >= 15 is 0 Å². The number of carbonyl (C=O) groups excluding carboxylic acids is 1. The van der Waals surface area contributed by atoms with E-state index in [1.807, 2.05) is 6.07 Å². The third-order valence-corrected chi connectivity index (χ3v) is 6.81. The van der Waals surface area contributed by atoms with Gasteiger partial charge in [-0.1, -0.05) is 6.07 Å². The Morgan fingerprint density at radius 3 is 2.85 bits per heavy atom. The Morgan fingerprint density at radius 1 is 1.24 bits per heavy atom. The molecule has 1 aliphatic rings. The van der Waals surface area contributed by atoms with Crippen LogP contribution >= 0.6 is 0 Å². The number of rotatable bonds is 6. The largest absolute Gasteiger partial charge is 0.501 e. The molecule has 1 aliphatic heterocycles. The minimum Gasteiger partial charge on any atom is -0.376 e. The molecule has 1 saturated heterocycles. The van der Waals surface area contributed by atoms with Crippen LogP contribution in [-0.2, 0) is 14.6 Å². The van der Waals surface area contributed by atoms with Gasteiger partial charge in [0.25, 0.3) is 9.84 Å². The molecule has 1 aromatic carbocycles. The first-order valence-corrected chi connectivity index (χ1v) is 11.6. The van der Waals surface area contributed by atoms with E-state index in [0.717, 1.165) is 48.4 Å². The SMILES string of the molecule is O=C(CNc1cccc(S(=O)(=O)C(F)(F)F)c1)NC1CCCN(c2ncnc3[nH]ccc23)C1. The Morgan fingerprint density at radius 2 is 2.06 bits per heavy atom. The maximum Gasteiger partial charge on any atom is 0.501 e. The number of aromatic nitrogens is 3. The highest BCUT2D eigenvalue weighted by molar-refractivity contribution is 7.92. The molecule has 0 radical (unpaired) electrons. The highest BCUT2D eigenvalue weighted by Gasteiger charge is 2.46. The number of hydrogen-bond acceptors (Lipinski definition) is 7. The lowest BCUT2D eigenvalue weighted by molar-refractivity contribution is -0.120. The molecule has 0 spiro atoms. The highest BCUT2D eigenvalue weighted by atomic mass is 32.2. The fraction of sp³-hybridized carbons (Fsp3) is 0.350. The number of aromatic amines is 1. The van der Waals surface area contributed by atoms with Gasteiger partial charge >= 0.3 is 5.51 Å². The minimum absolute atomic E-state index is 0.0941. The zero-order valence-electron chi connectivity index (χ0n) is 17.3. The number of hydrogen-bond donors (Lipinski definition) is 3. The normalized spacial score (nSPS) is 17.2. The fourth-order valence-electron chi connectivity index (χ4n) is 3.77. The number of alkyl halides is 3. The Bertz CT molecular complexity index is 1260. The number of halogens is 3. The van der Waals surface area contributed by atoms with Crippen molar-refractivity contribution in [2.75, 3.05) is 29.9 Å². The summed E-state index contributed by atoms with van der Waals surface area (Å²) < 4.78 is 61.4. The first-order chi connectivity index (χ1) is 15.6. The van der Waals surface area contributed by atoms with E-state index in [1.165, 1.54) is 18.5 Å². The van der Waals surface area contributed by atoms with Crippen LogP contribution in [0.25, 0.3) is 11.0 Å². The minimum atomic E-state index is -5.46. The van der Waals surface area contributed by atoms with Crippen LogP contribution in [0, 0.1) is 0 Å². The van der Waals surface area contributed by atoms with E-state index in [9.17, 15) is 26.4 Å². The molecule has 33 heavy (non-hydrogen) atoms. The first kappa shape index (κ1) is 22.8. The predicted molar refractivity (Wildman–Crippen MR) is 115 cm³/mol. The van der Waals surface area contributed by atoms with Gasteiger partial charge < -0.3 is 20.5 Å². The van der Waals surface area contributed by atoms with Gasteiger partial charge in [0, 0.05) is 31.0 Å². The number of amides is 1. The number of piperidine rings is 1. The van der Waals surface area contributed by atoms with Crippen LogP contribution in [-0.4, -0.2) is 60.5 Å². The standard InChI is InChI=1S/C20H21F3N6O3S/c21-20(22,23)33(31,32)15-5-1-3-13(9-15)25-10-17(30)28-14-4-2-8-29(11-14)19-16-6-7-24-18(16)26-12-27-19/h1,3,5-7,9,12,14,25H,2,4,8,10-11H2,(H,28,30)(H,24,26,27). The summed E-state index contributed by atoms with van der Waals surface area (Å²) in [6.45, 7) is 1.10. The van der Waals surface area contributed by atoms with Gasteiger partial charge in [0.15, 0.2) is 0 Å². The molecule has 3 N–H and O–H groups in total. The molecule has 4 rings (SSSR count). The van der Waals surface area contributed by atoms with Crippen LogP contribution in [0.5, 0.6) is 0 Å². The molecule has 1 unspecified atom stereocenters. The van der Waals surface area contributed by atoms with Crippen LogP contribution in [0.4, 0.5) is 24.7 Å². The van der Waals surface area contributed by atoms with Crippen molar-refractivity contribution in [3.05, 3.63) is 42.9 Å². The van der Waals surface area contributed by atoms with Crippen LogP contribution in [0.2, 0.25) is 0 Å². The van der Waals surface area contributed by atoms with Crippen molar-refractivity contribution in [3.63, 3.8) is 0 Å². The van der Waals surface area contributed by atoms with E-state index in [1.54, 1.807) is 6.20 Å². The van der Waals surface area contributed by atoms with Crippen molar-refractivity contribution in [1.29, 1.82) is 0 Å². The van der Waals surface area contributed by atoms with Crippen molar-refractivity contribution in [2.24, 2.45) is 0 Å². The zero-order valence-corrected chi connectivity index (χ0v) is 18.1. The Kier molecular flexibility index (Phi) is 6.15. The number of nitrogens with zero attached hydrogens (tertiary/aromatic N) is 3. The molecule has 0 saturated carbocycles. The molecular formula is C20H21F3N6O3S. The van der Waals surface area contributed by atoms with Crippen LogP contribution in [0.1, 0.15) is 12.8 Å². The monoisotopic (exact) mass is 482 g/mol. The first-order valence-electron chi connectivity index (χ1n) is 10.1. The van der Waals surface area contributed by atoms with Gasteiger partial charge in [0.1, 0.15) is 17.8 Å². The maximum atomic E-state index is 12.8. The van der Waals surface area contributed by atoms with Crippen molar-refractivity contribution in [2.45, 2.75) is 29.3 Å². The lowest BCUT2D eigenvalue weighted by Crippen LogP contribution is -2.49. The van der Waals surface area contributed by atoms with Gasteiger partial charge in [0.2, 0.25) is 5.91 Å². The Hall–Kier alpha value is -3.35.